The molecule has 0 unspecified atom stereocenters. The number of carbonyl (C=O) groups is 2. The number of Topliss-reactive ketones (excluding diaryl/α,β-unsaturated/α-hetero) is 2. The van der Waals surface area contributed by atoms with Crippen molar-refractivity contribution in [3.63, 3.8) is 0 Å². The molecule has 2 rings (SSSR count). The van der Waals surface area contributed by atoms with Gasteiger partial charge in [-0.1, -0.05) is 29.5 Å². The van der Waals surface area contributed by atoms with Gasteiger partial charge in [0.1, 0.15) is 17.3 Å². The highest BCUT2D eigenvalue weighted by Crippen LogP contribution is 2.19. The molecule has 0 atom stereocenters. The summed E-state index contributed by atoms with van der Waals surface area (Å²) in [5.74, 6) is 6.38. The predicted octanol–water partition coefficient (Wildman–Crippen LogP) is 2.90. The van der Waals surface area contributed by atoms with Gasteiger partial charge < -0.3 is 20.3 Å². The highest BCUT2D eigenvalue weighted by Gasteiger charge is 2.06. The fourth-order valence-corrected chi connectivity index (χ4v) is 3.01. The number of unbranched alkanes of at least 4 members (excludes halogenated alkanes) is 2. The number of carbonyl (C=O) groups excluding carboxylic acids is 2. The topological polar surface area (TPSA) is 120 Å². The van der Waals surface area contributed by atoms with Crippen molar-refractivity contribution in [1.29, 1.82) is 0 Å². The highest BCUT2D eigenvalue weighted by atomic mass is 16.1. The number of aryl methyl sites for hydroxylation is 1. The van der Waals surface area contributed by atoms with Crippen LogP contribution in [0.2, 0.25) is 0 Å². The van der Waals surface area contributed by atoms with Crippen LogP contribution in [0, 0.1) is 0 Å². The molecule has 0 radical (unpaired) electrons. The molecule has 1 aromatic heterocycles. The van der Waals surface area contributed by atoms with E-state index in [1.54, 1.807) is 29.7 Å². The van der Waals surface area contributed by atoms with E-state index in [9.17, 15) is 9.59 Å². The van der Waals surface area contributed by atoms with Gasteiger partial charge in [-0.15, -0.1) is 5.10 Å². The van der Waals surface area contributed by atoms with Crippen LogP contribution in [0.25, 0.3) is 17.0 Å². The summed E-state index contributed by atoms with van der Waals surface area (Å²) in [4.78, 5) is 22.0. The van der Waals surface area contributed by atoms with Crippen molar-refractivity contribution < 1.29 is 9.59 Å². The van der Waals surface area contributed by atoms with E-state index in [0.29, 0.717) is 25.1 Å². The zero-order chi connectivity index (χ0) is 21.9. The Morgan fingerprint density at radius 3 is 2.30 bits per heavy atom. The van der Waals surface area contributed by atoms with Crippen molar-refractivity contribution in [2.45, 2.75) is 58.9 Å². The minimum atomic E-state index is 0.196. The first-order valence-corrected chi connectivity index (χ1v) is 10.3. The number of rotatable bonds is 13. The lowest BCUT2D eigenvalue weighted by atomic mass is 10.1. The maximum atomic E-state index is 11.0. The predicted molar refractivity (Wildman–Crippen MR) is 118 cm³/mol. The van der Waals surface area contributed by atoms with Crippen LogP contribution in [0.1, 0.15) is 57.9 Å². The summed E-state index contributed by atoms with van der Waals surface area (Å²) in [6, 6.07) is 7.76. The smallest absolute Gasteiger partial charge is 0.129 e. The zero-order valence-corrected chi connectivity index (χ0v) is 17.9. The molecule has 0 bridgehead atoms. The molecule has 162 valence electrons. The average molecular weight is 413 g/mol. The summed E-state index contributed by atoms with van der Waals surface area (Å²) < 4.78 is 1.80. The fraction of sp³-hybridized carbons (Fsp3) is 0.455. The molecule has 1 heterocycles. The molecule has 0 aliphatic heterocycles. The second-order valence-corrected chi connectivity index (χ2v) is 7.58. The molecule has 0 fully saturated rings. The first-order chi connectivity index (χ1) is 14.3. The van der Waals surface area contributed by atoms with Gasteiger partial charge in [0.05, 0.1) is 11.9 Å². The van der Waals surface area contributed by atoms with Gasteiger partial charge in [-0.05, 0) is 45.1 Å². The molecule has 0 aliphatic rings. The molecule has 4 N–H and O–H groups in total. The van der Waals surface area contributed by atoms with E-state index in [1.807, 2.05) is 30.5 Å². The van der Waals surface area contributed by atoms with E-state index >= 15 is 0 Å². The molecule has 0 amide bonds. The maximum Gasteiger partial charge on any atom is 0.129 e. The van der Waals surface area contributed by atoms with Crippen molar-refractivity contribution in [3.8, 4) is 11.3 Å². The van der Waals surface area contributed by atoms with Crippen molar-refractivity contribution in [3.05, 3.63) is 42.2 Å². The molecule has 0 saturated heterocycles. The number of nitrogens with two attached hydrogens (primary N) is 2. The van der Waals surface area contributed by atoms with E-state index in [4.69, 9.17) is 11.6 Å². The van der Waals surface area contributed by atoms with E-state index in [2.05, 4.69) is 10.3 Å². The molecule has 30 heavy (non-hydrogen) atoms. The molecular weight excluding hydrogens is 380 g/mol. The number of hydrazine groups is 1. The van der Waals surface area contributed by atoms with Crippen molar-refractivity contribution in [2.24, 2.45) is 11.6 Å². The van der Waals surface area contributed by atoms with Crippen molar-refractivity contribution >= 4 is 17.3 Å². The number of hydrogen-bond acceptors (Lipinski definition) is 7. The van der Waals surface area contributed by atoms with Gasteiger partial charge in [0.15, 0.2) is 0 Å². The number of nitrogens with zero attached hydrogens (tertiary/aromatic N) is 4. The number of ketones is 2. The molecule has 0 saturated carbocycles. The Kier molecular flexibility index (Phi) is 9.21. The van der Waals surface area contributed by atoms with Gasteiger partial charge in [0.25, 0.3) is 0 Å². The lowest BCUT2D eigenvalue weighted by Gasteiger charge is -2.15. The Bertz CT molecular complexity index is 857. The lowest BCUT2D eigenvalue weighted by Crippen LogP contribution is -2.27. The summed E-state index contributed by atoms with van der Waals surface area (Å²) in [5, 5.41) is 9.94. The molecular formula is C22H32N6O2. The third-order valence-corrected chi connectivity index (χ3v) is 4.72. The van der Waals surface area contributed by atoms with E-state index in [-0.39, 0.29) is 11.6 Å². The fourth-order valence-electron chi connectivity index (χ4n) is 3.01. The molecule has 0 spiro atoms. The molecule has 1 aromatic carbocycles. The van der Waals surface area contributed by atoms with E-state index < -0.39 is 0 Å². The Labute approximate surface area is 177 Å². The maximum absolute atomic E-state index is 11.0. The van der Waals surface area contributed by atoms with Crippen molar-refractivity contribution in [1.82, 2.24) is 20.0 Å². The Morgan fingerprint density at radius 2 is 1.67 bits per heavy atom. The van der Waals surface area contributed by atoms with Crippen LogP contribution in [0.15, 0.2) is 36.7 Å². The second-order valence-electron chi connectivity index (χ2n) is 7.58. The molecule has 0 aliphatic carbocycles. The summed E-state index contributed by atoms with van der Waals surface area (Å²) in [6.45, 7) is 4.59. The lowest BCUT2D eigenvalue weighted by molar-refractivity contribution is -0.118. The largest absolute Gasteiger partial charge is 0.397 e. The number of benzene rings is 1. The van der Waals surface area contributed by atoms with Gasteiger partial charge in [-0.2, -0.15) is 0 Å². The summed E-state index contributed by atoms with van der Waals surface area (Å²) >= 11 is 0. The van der Waals surface area contributed by atoms with Crippen LogP contribution >= 0.6 is 0 Å². The van der Waals surface area contributed by atoms with Gasteiger partial charge in [0.2, 0.25) is 0 Å². The quantitative estimate of drug-likeness (QED) is 0.295. The van der Waals surface area contributed by atoms with Gasteiger partial charge >= 0.3 is 0 Å². The van der Waals surface area contributed by atoms with Crippen LogP contribution in [0.3, 0.4) is 0 Å². The normalized spacial score (nSPS) is 11.5. The third-order valence-electron chi connectivity index (χ3n) is 4.72. The zero-order valence-electron chi connectivity index (χ0n) is 17.9. The van der Waals surface area contributed by atoms with Gasteiger partial charge in [0, 0.05) is 37.7 Å². The van der Waals surface area contributed by atoms with Crippen LogP contribution < -0.4 is 11.6 Å². The second kappa shape index (κ2) is 11.9. The molecule has 8 heteroatoms. The van der Waals surface area contributed by atoms with E-state index in [1.165, 1.54) is 0 Å². The first kappa shape index (κ1) is 23.3. The highest BCUT2D eigenvalue weighted by molar-refractivity contribution is 5.75. The minimum absolute atomic E-state index is 0.196. The Hall–Kier alpha value is -3.00. The van der Waals surface area contributed by atoms with Gasteiger partial charge in [-0.25, -0.2) is 5.84 Å². The summed E-state index contributed by atoms with van der Waals surface area (Å²) in [6.07, 6.45) is 8.22. The number of aromatic nitrogens is 3. The first-order valence-electron chi connectivity index (χ1n) is 10.3. The Morgan fingerprint density at radius 1 is 1.03 bits per heavy atom. The van der Waals surface area contributed by atoms with Crippen LogP contribution in [-0.4, -0.2) is 38.1 Å². The SMILES string of the molecule is CC(=O)CCCCN(N)/C=C(\N)c1ccc(-c2cn(CCCCC(C)=O)nn2)cc1. The molecule has 8 nitrogen and oxygen atoms in total. The minimum Gasteiger partial charge on any atom is -0.397 e. The van der Waals surface area contributed by atoms with Crippen LogP contribution in [0.4, 0.5) is 0 Å². The van der Waals surface area contributed by atoms with Crippen molar-refractivity contribution in [2.75, 3.05) is 6.54 Å². The van der Waals surface area contributed by atoms with Gasteiger partial charge in [-0.3, -0.25) is 4.68 Å². The molecule has 2 aromatic rings. The third kappa shape index (κ3) is 8.16. The standard InChI is InChI=1S/C22H32N6O2/c1-17(29)7-3-5-13-27(24)15-21(23)19-9-11-20(12-10-19)22-16-28(26-25-22)14-6-4-8-18(2)30/h9-12,15-16H,3-8,13-14,23-24H2,1-2H3/b21-15-. The monoisotopic (exact) mass is 412 g/mol. The summed E-state index contributed by atoms with van der Waals surface area (Å²) in [7, 11) is 0. The Balaban J connectivity index is 1.88. The number of hydrogen-bond donors (Lipinski definition) is 2. The summed E-state index contributed by atoms with van der Waals surface area (Å²) in [5.41, 5.74) is 9.35. The van der Waals surface area contributed by atoms with E-state index in [0.717, 1.165) is 49.0 Å². The average Bonchev–Trinajstić information content (AvgIpc) is 3.17. The van der Waals surface area contributed by atoms with Crippen LogP contribution in [0.5, 0.6) is 0 Å². The van der Waals surface area contributed by atoms with Crippen LogP contribution in [-0.2, 0) is 16.1 Å².